The monoisotopic (exact) mass is 319 g/mol. The van der Waals surface area contributed by atoms with Gasteiger partial charge in [0.05, 0.1) is 0 Å². The van der Waals surface area contributed by atoms with E-state index in [4.69, 9.17) is 0 Å². The van der Waals surface area contributed by atoms with Crippen LogP contribution in [-0.4, -0.2) is 11.0 Å². The second-order valence-electron chi connectivity index (χ2n) is 4.42. The lowest BCUT2D eigenvalue weighted by atomic mass is 10.1. The summed E-state index contributed by atoms with van der Waals surface area (Å²) in [6.07, 6.45) is 0. The quantitative estimate of drug-likeness (QED) is 0.878. The third-order valence-electron chi connectivity index (χ3n) is 2.89. The molecule has 0 atom stereocenters. The number of phenols is 1. The fourth-order valence-corrected chi connectivity index (χ4v) is 1.92. The third-order valence-corrected chi connectivity index (χ3v) is 3.78. The van der Waals surface area contributed by atoms with Crippen LogP contribution < -0.4 is 5.32 Å². The van der Waals surface area contributed by atoms with E-state index in [2.05, 4.69) is 21.2 Å². The average Bonchev–Trinajstić information content (AvgIpc) is 2.37. The van der Waals surface area contributed by atoms with Crippen LogP contribution in [0.2, 0.25) is 0 Å². The lowest BCUT2D eigenvalue weighted by molar-refractivity contribution is 0.102. The number of nitrogens with one attached hydrogen (secondary N) is 1. The van der Waals surface area contributed by atoms with Crippen molar-refractivity contribution in [2.75, 3.05) is 5.32 Å². The molecule has 0 aliphatic rings. The molecule has 2 aromatic carbocycles. The molecule has 2 N–H and O–H groups in total. The molecule has 2 aromatic rings. The molecule has 0 bridgehead atoms. The van der Waals surface area contributed by atoms with Gasteiger partial charge in [-0.2, -0.15) is 0 Å². The number of amides is 1. The van der Waals surface area contributed by atoms with E-state index in [0.717, 1.165) is 21.3 Å². The average molecular weight is 320 g/mol. The van der Waals surface area contributed by atoms with Crippen molar-refractivity contribution in [1.82, 2.24) is 0 Å². The van der Waals surface area contributed by atoms with Crippen LogP contribution in [0.5, 0.6) is 5.75 Å². The number of benzene rings is 2. The summed E-state index contributed by atoms with van der Waals surface area (Å²) in [4.78, 5) is 12.0. The minimum atomic E-state index is -0.239. The Morgan fingerprint density at radius 2 is 1.84 bits per heavy atom. The third kappa shape index (κ3) is 3.15. The van der Waals surface area contributed by atoms with Crippen LogP contribution in [0.1, 0.15) is 21.5 Å². The van der Waals surface area contributed by atoms with Crippen molar-refractivity contribution in [2.45, 2.75) is 13.8 Å². The Kier molecular flexibility index (Phi) is 3.90. The Balaban J connectivity index is 2.20. The molecule has 0 aliphatic heterocycles. The fourth-order valence-electron chi connectivity index (χ4n) is 1.68. The lowest BCUT2D eigenvalue weighted by Crippen LogP contribution is -2.11. The summed E-state index contributed by atoms with van der Waals surface area (Å²) in [5, 5.41) is 12.4. The Bertz CT molecular complexity index is 638. The number of halogens is 1. The van der Waals surface area contributed by atoms with Crippen molar-refractivity contribution in [2.24, 2.45) is 0 Å². The topological polar surface area (TPSA) is 49.3 Å². The van der Waals surface area contributed by atoms with Gasteiger partial charge in [-0.25, -0.2) is 0 Å². The Labute approximate surface area is 120 Å². The minimum Gasteiger partial charge on any atom is -0.508 e. The summed E-state index contributed by atoms with van der Waals surface area (Å²) >= 11 is 3.41. The maximum Gasteiger partial charge on any atom is 0.255 e. The van der Waals surface area contributed by atoms with Crippen LogP contribution in [0.25, 0.3) is 0 Å². The molecular weight excluding hydrogens is 306 g/mol. The van der Waals surface area contributed by atoms with Gasteiger partial charge in [0.1, 0.15) is 5.75 Å². The first-order valence-electron chi connectivity index (χ1n) is 5.84. The normalized spacial score (nSPS) is 10.3. The standard InChI is InChI=1S/C15H14BrNO2/c1-9-3-4-11(8-14(9)18)15(19)17-12-5-6-13(16)10(2)7-12/h3-8,18H,1-2H3,(H,17,19). The number of carbonyl (C=O) groups is 1. The molecule has 0 fully saturated rings. The van der Waals surface area contributed by atoms with Crippen LogP contribution >= 0.6 is 15.9 Å². The molecule has 0 aliphatic carbocycles. The van der Waals surface area contributed by atoms with E-state index in [9.17, 15) is 9.90 Å². The van der Waals surface area contributed by atoms with Crippen LogP contribution in [0.4, 0.5) is 5.69 Å². The largest absolute Gasteiger partial charge is 0.508 e. The van der Waals surface area contributed by atoms with Crippen molar-refractivity contribution in [3.05, 3.63) is 57.6 Å². The van der Waals surface area contributed by atoms with Gasteiger partial charge in [-0.15, -0.1) is 0 Å². The summed E-state index contributed by atoms with van der Waals surface area (Å²) < 4.78 is 0.999. The van der Waals surface area contributed by atoms with Crippen LogP contribution in [0.15, 0.2) is 40.9 Å². The number of carbonyl (C=O) groups excluding carboxylic acids is 1. The molecular formula is C15H14BrNO2. The minimum absolute atomic E-state index is 0.125. The molecule has 0 unspecified atom stereocenters. The summed E-state index contributed by atoms with van der Waals surface area (Å²) in [7, 11) is 0. The van der Waals surface area contributed by atoms with E-state index in [0.29, 0.717) is 5.56 Å². The van der Waals surface area contributed by atoms with E-state index in [1.807, 2.05) is 25.1 Å². The van der Waals surface area contributed by atoms with E-state index in [1.54, 1.807) is 19.1 Å². The van der Waals surface area contributed by atoms with Gasteiger partial charge in [0.15, 0.2) is 0 Å². The zero-order valence-electron chi connectivity index (χ0n) is 10.7. The first-order valence-corrected chi connectivity index (χ1v) is 6.64. The van der Waals surface area contributed by atoms with Crippen molar-refractivity contribution < 1.29 is 9.90 Å². The van der Waals surface area contributed by atoms with Gasteiger partial charge in [-0.3, -0.25) is 4.79 Å². The highest BCUT2D eigenvalue weighted by Gasteiger charge is 2.08. The number of aromatic hydroxyl groups is 1. The van der Waals surface area contributed by atoms with E-state index in [-0.39, 0.29) is 11.7 Å². The smallest absolute Gasteiger partial charge is 0.255 e. The predicted octanol–water partition coefficient (Wildman–Crippen LogP) is 4.02. The molecule has 3 nitrogen and oxygen atoms in total. The molecule has 19 heavy (non-hydrogen) atoms. The van der Waals surface area contributed by atoms with Gasteiger partial charge in [0.2, 0.25) is 0 Å². The van der Waals surface area contributed by atoms with Crippen LogP contribution in [0, 0.1) is 13.8 Å². The first-order chi connectivity index (χ1) is 8.97. The molecule has 98 valence electrons. The Morgan fingerprint density at radius 3 is 2.47 bits per heavy atom. The van der Waals surface area contributed by atoms with Gasteiger partial charge in [0, 0.05) is 15.7 Å². The molecule has 0 aromatic heterocycles. The molecule has 0 spiro atoms. The zero-order chi connectivity index (χ0) is 14.0. The number of hydrogen-bond acceptors (Lipinski definition) is 2. The molecule has 0 heterocycles. The number of rotatable bonds is 2. The van der Waals surface area contributed by atoms with Gasteiger partial charge >= 0.3 is 0 Å². The summed E-state index contributed by atoms with van der Waals surface area (Å²) in [5.74, 6) is -0.114. The Hall–Kier alpha value is -1.81. The van der Waals surface area contributed by atoms with Crippen molar-refractivity contribution in [3.8, 4) is 5.75 Å². The number of aryl methyl sites for hydroxylation is 2. The summed E-state index contributed by atoms with van der Waals surface area (Å²) in [6.45, 7) is 3.74. The highest BCUT2D eigenvalue weighted by atomic mass is 79.9. The van der Waals surface area contributed by atoms with E-state index < -0.39 is 0 Å². The van der Waals surface area contributed by atoms with E-state index in [1.165, 1.54) is 6.07 Å². The molecule has 1 amide bonds. The van der Waals surface area contributed by atoms with Crippen molar-refractivity contribution >= 4 is 27.5 Å². The van der Waals surface area contributed by atoms with E-state index >= 15 is 0 Å². The number of anilines is 1. The molecule has 2 rings (SSSR count). The first kappa shape index (κ1) is 13.6. The van der Waals surface area contributed by atoms with Gasteiger partial charge < -0.3 is 10.4 Å². The lowest BCUT2D eigenvalue weighted by Gasteiger charge is -2.08. The van der Waals surface area contributed by atoms with Crippen molar-refractivity contribution in [1.29, 1.82) is 0 Å². The van der Waals surface area contributed by atoms with Gasteiger partial charge in [-0.05, 0) is 55.3 Å². The summed E-state index contributed by atoms with van der Waals surface area (Å²) in [5.41, 5.74) is 2.95. The molecule has 0 saturated heterocycles. The predicted molar refractivity (Wildman–Crippen MR) is 79.7 cm³/mol. The Morgan fingerprint density at radius 1 is 1.11 bits per heavy atom. The fraction of sp³-hybridized carbons (Fsp3) is 0.133. The zero-order valence-corrected chi connectivity index (χ0v) is 12.3. The molecule has 4 heteroatoms. The van der Waals surface area contributed by atoms with Gasteiger partial charge in [-0.1, -0.05) is 22.0 Å². The van der Waals surface area contributed by atoms with Crippen LogP contribution in [-0.2, 0) is 0 Å². The maximum atomic E-state index is 12.0. The highest BCUT2D eigenvalue weighted by Crippen LogP contribution is 2.22. The molecule has 0 radical (unpaired) electrons. The SMILES string of the molecule is Cc1ccc(C(=O)Nc2ccc(Br)c(C)c2)cc1O. The maximum absolute atomic E-state index is 12.0. The number of phenolic OH excluding ortho intramolecular Hbond substituents is 1. The molecule has 0 saturated carbocycles. The highest BCUT2D eigenvalue weighted by molar-refractivity contribution is 9.10. The second kappa shape index (κ2) is 5.45. The summed E-state index contributed by atoms with van der Waals surface area (Å²) in [6, 6.07) is 10.5. The van der Waals surface area contributed by atoms with Gasteiger partial charge in [0.25, 0.3) is 5.91 Å². The number of hydrogen-bond donors (Lipinski definition) is 2. The second-order valence-corrected chi connectivity index (χ2v) is 5.27. The van der Waals surface area contributed by atoms with Crippen molar-refractivity contribution in [3.63, 3.8) is 0 Å². The van der Waals surface area contributed by atoms with Crippen LogP contribution in [0.3, 0.4) is 0 Å².